The van der Waals surface area contributed by atoms with Crippen LogP contribution in [0.3, 0.4) is 0 Å². The van der Waals surface area contributed by atoms with Crippen molar-refractivity contribution in [1.82, 2.24) is 15.5 Å². The number of anilines is 1. The molecule has 0 unspecified atom stereocenters. The van der Waals surface area contributed by atoms with Gasteiger partial charge in [-0.3, -0.25) is 14.7 Å². The Hall–Kier alpha value is -2.77. The normalized spacial score (nSPS) is 18.7. The van der Waals surface area contributed by atoms with E-state index in [9.17, 15) is 18.4 Å². The SMILES string of the molecule is C[C@H]1C[C@@H]1C(=O)NCCC(=O)Nc1cc(-c2c(F)cccc2F)[nH]n1. The molecular weight excluding hydrogens is 330 g/mol. The van der Waals surface area contributed by atoms with Crippen molar-refractivity contribution in [1.29, 1.82) is 0 Å². The summed E-state index contributed by atoms with van der Waals surface area (Å²) in [4.78, 5) is 23.5. The lowest BCUT2D eigenvalue weighted by Crippen LogP contribution is -2.29. The molecule has 0 bridgehead atoms. The lowest BCUT2D eigenvalue weighted by atomic mass is 10.1. The summed E-state index contributed by atoms with van der Waals surface area (Å²) >= 11 is 0. The lowest BCUT2D eigenvalue weighted by Gasteiger charge is -2.04. The van der Waals surface area contributed by atoms with Crippen LogP contribution in [-0.4, -0.2) is 28.6 Å². The number of benzene rings is 1. The van der Waals surface area contributed by atoms with E-state index in [1.165, 1.54) is 12.1 Å². The number of carbonyl (C=O) groups excluding carboxylic acids is 2. The molecule has 6 nitrogen and oxygen atoms in total. The van der Waals surface area contributed by atoms with Gasteiger partial charge in [-0.2, -0.15) is 5.10 Å². The van der Waals surface area contributed by atoms with Crippen LogP contribution in [-0.2, 0) is 9.59 Å². The number of amides is 2. The van der Waals surface area contributed by atoms with E-state index in [2.05, 4.69) is 20.8 Å². The zero-order chi connectivity index (χ0) is 18.0. The fraction of sp³-hybridized carbons (Fsp3) is 0.353. The first kappa shape index (κ1) is 17.1. The summed E-state index contributed by atoms with van der Waals surface area (Å²) in [5, 5.41) is 11.6. The van der Waals surface area contributed by atoms with E-state index in [0.717, 1.165) is 18.6 Å². The molecule has 0 spiro atoms. The summed E-state index contributed by atoms with van der Waals surface area (Å²) in [7, 11) is 0. The molecule has 1 aromatic heterocycles. The second kappa shape index (κ2) is 7.00. The van der Waals surface area contributed by atoms with Crippen molar-refractivity contribution in [3.63, 3.8) is 0 Å². The number of hydrogen-bond acceptors (Lipinski definition) is 3. The third kappa shape index (κ3) is 4.01. The molecule has 2 atom stereocenters. The van der Waals surface area contributed by atoms with Crippen LogP contribution in [0.1, 0.15) is 19.8 Å². The van der Waals surface area contributed by atoms with Crippen molar-refractivity contribution < 1.29 is 18.4 Å². The zero-order valence-electron chi connectivity index (χ0n) is 13.6. The van der Waals surface area contributed by atoms with Gasteiger partial charge in [0.25, 0.3) is 0 Å². The molecule has 0 aliphatic heterocycles. The van der Waals surface area contributed by atoms with Crippen LogP contribution >= 0.6 is 0 Å². The van der Waals surface area contributed by atoms with Crippen LogP contribution in [0.25, 0.3) is 11.3 Å². The molecule has 3 rings (SSSR count). The van der Waals surface area contributed by atoms with Crippen LogP contribution in [0, 0.1) is 23.5 Å². The van der Waals surface area contributed by atoms with E-state index in [0.29, 0.717) is 5.92 Å². The zero-order valence-corrected chi connectivity index (χ0v) is 13.6. The van der Waals surface area contributed by atoms with E-state index in [1.54, 1.807) is 0 Å². The minimum Gasteiger partial charge on any atom is -0.355 e. The first-order valence-corrected chi connectivity index (χ1v) is 8.03. The summed E-state index contributed by atoms with van der Waals surface area (Å²) < 4.78 is 27.5. The third-order valence-corrected chi connectivity index (χ3v) is 4.17. The molecule has 1 saturated carbocycles. The smallest absolute Gasteiger partial charge is 0.227 e. The Morgan fingerprint density at radius 1 is 1.32 bits per heavy atom. The molecule has 0 saturated heterocycles. The molecule has 3 N–H and O–H groups in total. The summed E-state index contributed by atoms with van der Waals surface area (Å²) in [5.74, 6) is -1.20. The first-order valence-electron chi connectivity index (χ1n) is 8.03. The third-order valence-electron chi connectivity index (χ3n) is 4.17. The van der Waals surface area contributed by atoms with Gasteiger partial charge in [-0.1, -0.05) is 13.0 Å². The van der Waals surface area contributed by atoms with Crippen molar-refractivity contribution in [3.05, 3.63) is 35.9 Å². The fourth-order valence-corrected chi connectivity index (χ4v) is 2.59. The highest BCUT2D eigenvalue weighted by Crippen LogP contribution is 2.37. The van der Waals surface area contributed by atoms with Crippen LogP contribution < -0.4 is 10.6 Å². The van der Waals surface area contributed by atoms with Gasteiger partial charge in [-0.15, -0.1) is 0 Å². The summed E-state index contributed by atoms with van der Waals surface area (Å²) in [6.07, 6.45) is 0.976. The maximum atomic E-state index is 13.7. The summed E-state index contributed by atoms with van der Waals surface area (Å²) in [6.45, 7) is 2.23. The van der Waals surface area contributed by atoms with Gasteiger partial charge >= 0.3 is 0 Å². The van der Waals surface area contributed by atoms with Gasteiger partial charge in [0.1, 0.15) is 11.6 Å². The predicted octanol–water partition coefficient (Wildman–Crippen LogP) is 2.46. The Morgan fingerprint density at radius 2 is 2.00 bits per heavy atom. The number of aromatic amines is 1. The van der Waals surface area contributed by atoms with Crippen LogP contribution in [0.15, 0.2) is 24.3 Å². The van der Waals surface area contributed by atoms with E-state index < -0.39 is 11.6 Å². The maximum absolute atomic E-state index is 13.7. The van der Waals surface area contributed by atoms with Crippen molar-refractivity contribution in [2.45, 2.75) is 19.8 Å². The average molecular weight is 348 g/mol. The molecule has 0 radical (unpaired) electrons. The standard InChI is InChI=1S/C17H18F2N4O2/c1-9-7-10(9)17(25)20-6-5-15(24)21-14-8-13(22-23-14)16-11(18)3-2-4-12(16)19/h2-4,8-10H,5-7H2,1H3,(H,20,25)(H2,21,22,23,24)/t9-,10-/m0/s1. The number of aromatic nitrogens is 2. The molecule has 8 heteroatoms. The molecule has 25 heavy (non-hydrogen) atoms. The van der Waals surface area contributed by atoms with Crippen LogP contribution in [0.2, 0.25) is 0 Å². The number of rotatable bonds is 6. The van der Waals surface area contributed by atoms with Crippen molar-refractivity contribution in [3.8, 4) is 11.3 Å². The van der Waals surface area contributed by atoms with Gasteiger partial charge in [-0.25, -0.2) is 8.78 Å². The highest BCUT2D eigenvalue weighted by Gasteiger charge is 2.38. The average Bonchev–Trinajstić information content (AvgIpc) is 3.11. The van der Waals surface area contributed by atoms with Crippen molar-refractivity contribution >= 4 is 17.6 Å². The number of H-pyrrole nitrogens is 1. The second-order valence-corrected chi connectivity index (χ2v) is 6.17. The maximum Gasteiger partial charge on any atom is 0.227 e. The molecule has 2 aromatic rings. The summed E-state index contributed by atoms with van der Waals surface area (Å²) in [5.41, 5.74) is -0.108. The van der Waals surface area contributed by atoms with Gasteiger partial charge in [0, 0.05) is 24.9 Å². The summed E-state index contributed by atoms with van der Waals surface area (Å²) in [6, 6.07) is 4.90. The number of nitrogens with zero attached hydrogens (tertiary/aromatic N) is 1. The molecule has 1 aliphatic carbocycles. The Balaban J connectivity index is 1.52. The molecule has 132 valence electrons. The fourth-order valence-electron chi connectivity index (χ4n) is 2.59. The molecule has 2 amide bonds. The van der Waals surface area contributed by atoms with Gasteiger partial charge in [-0.05, 0) is 24.5 Å². The van der Waals surface area contributed by atoms with Gasteiger partial charge in [0.05, 0.1) is 11.3 Å². The largest absolute Gasteiger partial charge is 0.355 e. The Labute approximate surface area is 143 Å². The number of hydrogen-bond donors (Lipinski definition) is 3. The first-order chi connectivity index (χ1) is 12.0. The topological polar surface area (TPSA) is 86.9 Å². The quantitative estimate of drug-likeness (QED) is 0.749. The van der Waals surface area contributed by atoms with E-state index in [-0.39, 0.29) is 47.8 Å². The minimum atomic E-state index is -0.724. The number of halogens is 2. The highest BCUT2D eigenvalue weighted by molar-refractivity contribution is 5.91. The van der Waals surface area contributed by atoms with Crippen LogP contribution in [0.5, 0.6) is 0 Å². The minimum absolute atomic E-state index is 0.0302. The molecule has 1 heterocycles. The number of nitrogens with one attached hydrogen (secondary N) is 3. The van der Waals surface area contributed by atoms with Gasteiger partial charge in [0.2, 0.25) is 11.8 Å². The second-order valence-electron chi connectivity index (χ2n) is 6.17. The predicted molar refractivity (Wildman–Crippen MR) is 87.5 cm³/mol. The number of carbonyl (C=O) groups is 2. The highest BCUT2D eigenvalue weighted by atomic mass is 19.1. The van der Waals surface area contributed by atoms with E-state index >= 15 is 0 Å². The van der Waals surface area contributed by atoms with Crippen molar-refractivity contribution in [2.75, 3.05) is 11.9 Å². The molecular formula is C17H18F2N4O2. The lowest BCUT2D eigenvalue weighted by molar-refractivity contribution is -0.122. The van der Waals surface area contributed by atoms with Crippen LogP contribution in [0.4, 0.5) is 14.6 Å². The van der Waals surface area contributed by atoms with Gasteiger partial charge in [0.15, 0.2) is 5.82 Å². The van der Waals surface area contributed by atoms with Gasteiger partial charge < -0.3 is 10.6 Å². The Morgan fingerprint density at radius 3 is 2.64 bits per heavy atom. The Bertz CT molecular complexity index is 785. The van der Waals surface area contributed by atoms with Crippen molar-refractivity contribution in [2.24, 2.45) is 11.8 Å². The van der Waals surface area contributed by atoms with E-state index in [4.69, 9.17) is 0 Å². The van der Waals surface area contributed by atoms with E-state index in [1.807, 2.05) is 6.92 Å². The molecule has 1 aromatic carbocycles. The monoisotopic (exact) mass is 348 g/mol. The Kier molecular flexibility index (Phi) is 4.78. The molecule has 1 fully saturated rings. The molecule has 1 aliphatic rings.